The first-order valence-corrected chi connectivity index (χ1v) is 10.1. The van der Waals surface area contributed by atoms with Gasteiger partial charge in [-0.3, -0.25) is 9.59 Å². The third-order valence-electron chi connectivity index (χ3n) is 3.89. The van der Waals surface area contributed by atoms with Gasteiger partial charge in [0.05, 0.1) is 16.1 Å². The van der Waals surface area contributed by atoms with E-state index in [2.05, 4.69) is 10.0 Å². The van der Waals surface area contributed by atoms with Crippen molar-refractivity contribution in [2.75, 3.05) is 5.32 Å². The largest absolute Gasteiger partial charge is 0.451 e. The Kier molecular flexibility index (Phi) is 7.21. The average molecular weight is 444 g/mol. The fourth-order valence-corrected chi connectivity index (χ4v) is 3.57. The Morgan fingerprint density at radius 3 is 2.13 bits per heavy atom. The molecule has 0 aromatic heterocycles. The van der Waals surface area contributed by atoms with Gasteiger partial charge in [-0.05, 0) is 38.1 Å². The molecule has 0 heterocycles. The summed E-state index contributed by atoms with van der Waals surface area (Å²) in [7, 11) is -4.01. The van der Waals surface area contributed by atoms with Crippen LogP contribution in [-0.2, 0) is 30.5 Å². The van der Waals surface area contributed by atoms with Crippen molar-refractivity contribution >= 4 is 27.6 Å². The molecule has 0 aliphatic rings. The highest BCUT2D eigenvalue weighted by Crippen LogP contribution is 2.34. The van der Waals surface area contributed by atoms with Crippen molar-refractivity contribution in [2.45, 2.75) is 37.1 Å². The summed E-state index contributed by atoms with van der Waals surface area (Å²) in [4.78, 5) is 24.2. The van der Waals surface area contributed by atoms with Crippen LogP contribution in [0.3, 0.4) is 0 Å². The molecule has 0 aliphatic heterocycles. The summed E-state index contributed by atoms with van der Waals surface area (Å²) >= 11 is 0. The first kappa shape index (κ1) is 23.4. The molecule has 7 nitrogen and oxygen atoms in total. The summed E-state index contributed by atoms with van der Waals surface area (Å²) in [5.41, 5.74) is -1.54. The molecule has 11 heteroatoms. The Balaban J connectivity index is 2.01. The maximum atomic E-state index is 13.0. The molecule has 0 saturated carbocycles. The number of ether oxygens (including phenoxy) is 1. The van der Waals surface area contributed by atoms with E-state index in [0.29, 0.717) is 0 Å². The van der Waals surface area contributed by atoms with Gasteiger partial charge in [0.15, 0.2) is 6.10 Å². The molecule has 0 spiro atoms. The molecule has 30 heavy (non-hydrogen) atoms. The minimum Gasteiger partial charge on any atom is -0.451 e. The number of sulfonamides is 1. The first-order chi connectivity index (χ1) is 13.9. The van der Waals surface area contributed by atoms with Gasteiger partial charge in [-0.25, -0.2) is 8.42 Å². The Morgan fingerprint density at radius 1 is 0.967 bits per heavy atom. The van der Waals surface area contributed by atoms with Gasteiger partial charge in [-0.15, -0.1) is 0 Å². The summed E-state index contributed by atoms with van der Waals surface area (Å²) in [6.45, 7) is 2.37. The van der Waals surface area contributed by atoms with E-state index in [0.717, 1.165) is 19.1 Å². The van der Waals surface area contributed by atoms with Crippen molar-refractivity contribution in [2.24, 2.45) is 0 Å². The lowest BCUT2D eigenvalue weighted by Crippen LogP contribution is -2.42. The average Bonchev–Trinajstić information content (AvgIpc) is 2.67. The highest BCUT2D eigenvalue weighted by molar-refractivity contribution is 7.89. The van der Waals surface area contributed by atoms with Crippen molar-refractivity contribution in [1.82, 2.24) is 4.72 Å². The smallest absolute Gasteiger partial charge is 0.418 e. The van der Waals surface area contributed by atoms with Crippen LogP contribution in [0.15, 0.2) is 59.5 Å². The number of hydrogen-bond donors (Lipinski definition) is 2. The second kappa shape index (κ2) is 9.26. The lowest BCUT2D eigenvalue weighted by molar-refractivity contribution is -0.154. The maximum Gasteiger partial charge on any atom is 0.418 e. The molecule has 1 amide bonds. The SMILES string of the molecule is C[C@H](NS(=O)(=O)c1ccccc1)C(=O)O[C@H](C)C(=O)Nc1ccccc1C(F)(F)F. The van der Waals surface area contributed by atoms with Gasteiger partial charge in [-0.2, -0.15) is 17.9 Å². The standard InChI is InChI=1S/C19H19F3N2O5S/c1-12(24-30(27,28)14-8-4-3-5-9-14)18(26)29-13(2)17(25)23-16-11-7-6-10-15(16)19(20,21)22/h3-13,24H,1-2H3,(H,23,25)/t12-,13+/m0/s1. The number of amides is 1. The molecule has 162 valence electrons. The molecule has 2 aromatic carbocycles. The number of nitrogens with one attached hydrogen (secondary N) is 2. The molecular weight excluding hydrogens is 425 g/mol. The number of halogens is 3. The number of rotatable bonds is 7. The van der Waals surface area contributed by atoms with Crippen LogP contribution in [0.25, 0.3) is 0 Å². The van der Waals surface area contributed by atoms with Gasteiger partial charge in [0, 0.05) is 0 Å². The van der Waals surface area contributed by atoms with Crippen LogP contribution in [0.5, 0.6) is 0 Å². The van der Waals surface area contributed by atoms with E-state index in [9.17, 15) is 31.2 Å². The van der Waals surface area contributed by atoms with Crippen molar-refractivity contribution in [3.8, 4) is 0 Å². The molecular formula is C19H19F3N2O5S. The Labute approximate surface area is 171 Å². The predicted octanol–water partition coefficient (Wildman–Crippen LogP) is 2.94. The zero-order valence-corrected chi connectivity index (χ0v) is 16.8. The van der Waals surface area contributed by atoms with Gasteiger partial charge in [0.2, 0.25) is 10.0 Å². The highest BCUT2D eigenvalue weighted by Gasteiger charge is 2.34. The summed E-state index contributed by atoms with van der Waals surface area (Å²) in [6, 6.07) is 10.3. The monoisotopic (exact) mass is 444 g/mol. The molecule has 0 bridgehead atoms. The zero-order valence-electron chi connectivity index (χ0n) is 15.9. The van der Waals surface area contributed by atoms with Crippen LogP contribution in [0, 0.1) is 0 Å². The lowest BCUT2D eigenvalue weighted by Gasteiger charge is -2.19. The van der Waals surface area contributed by atoms with E-state index in [1.54, 1.807) is 6.07 Å². The molecule has 2 aromatic rings. The molecule has 2 rings (SSSR count). The minimum atomic E-state index is -4.69. The van der Waals surface area contributed by atoms with Crippen molar-refractivity contribution in [1.29, 1.82) is 0 Å². The van der Waals surface area contributed by atoms with E-state index in [-0.39, 0.29) is 4.90 Å². The van der Waals surface area contributed by atoms with E-state index in [1.165, 1.54) is 43.3 Å². The number of hydrogen-bond acceptors (Lipinski definition) is 5. The molecule has 0 unspecified atom stereocenters. The molecule has 0 aliphatic carbocycles. The Hall–Kier alpha value is -2.92. The lowest BCUT2D eigenvalue weighted by atomic mass is 10.1. The molecule has 0 radical (unpaired) electrons. The fraction of sp³-hybridized carbons (Fsp3) is 0.263. The maximum absolute atomic E-state index is 13.0. The predicted molar refractivity (Wildman–Crippen MR) is 102 cm³/mol. The Morgan fingerprint density at radius 2 is 1.53 bits per heavy atom. The summed E-state index contributed by atoms with van der Waals surface area (Å²) in [6.07, 6.45) is -6.16. The van der Waals surface area contributed by atoms with Crippen LogP contribution < -0.4 is 10.0 Å². The number of para-hydroxylation sites is 1. The fourth-order valence-electron chi connectivity index (χ4n) is 2.35. The van der Waals surface area contributed by atoms with Crippen LogP contribution in [0.4, 0.5) is 18.9 Å². The second-order valence-electron chi connectivity index (χ2n) is 6.27. The Bertz CT molecular complexity index is 1010. The number of alkyl halides is 3. The van der Waals surface area contributed by atoms with Crippen molar-refractivity contribution in [3.63, 3.8) is 0 Å². The van der Waals surface area contributed by atoms with Gasteiger partial charge in [0.1, 0.15) is 6.04 Å². The molecule has 2 atom stereocenters. The molecule has 0 fully saturated rings. The van der Waals surface area contributed by atoms with Crippen LogP contribution in [-0.4, -0.2) is 32.4 Å². The van der Waals surface area contributed by atoms with Gasteiger partial charge in [0.25, 0.3) is 5.91 Å². The number of carbonyl (C=O) groups excluding carboxylic acids is 2. The summed E-state index contributed by atoms with van der Waals surface area (Å²) in [5, 5.41) is 2.06. The minimum absolute atomic E-state index is 0.0702. The summed E-state index contributed by atoms with van der Waals surface area (Å²) in [5.74, 6) is -2.07. The van der Waals surface area contributed by atoms with Crippen LogP contribution in [0.2, 0.25) is 0 Å². The van der Waals surface area contributed by atoms with E-state index in [1.807, 2.05) is 0 Å². The first-order valence-electron chi connectivity index (χ1n) is 8.67. The van der Waals surface area contributed by atoms with E-state index in [4.69, 9.17) is 4.74 Å². The van der Waals surface area contributed by atoms with Crippen LogP contribution in [0.1, 0.15) is 19.4 Å². The van der Waals surface area contributed by atoms with E-state index >= 15 is 0 Å². The van der Waals surface area contributed by atoms with E-state index < -0.39 is 51.5 Å². The van der Waals surface area contributed by atoms with Crippen molar-refractivity contribution in [3.05, 3.63) is 60.2 Å². The quantitative estimate of drug-likeness (QED) is 0.640. The molecule has 0 saturated heterocycles. The normalized spacial score (nSPS) is 13.9. The topological polar surface area (TPSA) is 102 Å². The number of esters is 1. The van der Waals surface area contributed by atoms with Gasteiger partial charge >= 0.3 is 12.1 Å². The van der Waals surface area contributed by atoms with Gasteiger partial charge < -0.3 is 10.1 Å². The number of anilines is 1. The highest BCUT2D eigenvalue weighted by atomic mass is 32.2. The zero-order chi connectivity index (χ0) is 22.5. The van der Waals surface area contributed by atoms with Gasteiger partial charge in [-0.1, -0.05) is 30.3 Å². The number of benzene rings is 2. The second-order valence-corrected chi connectivity index (χ2v) is 7.98. The third kappa shape index (κ3) is 6.04. The van der Waals surface area contributed by atoms with Crippen molar-refractivity contribution < 1.29 is 35.9 Å². The molecule has 2 N–H and O–H groups in total. The summed E-state index contributed by atoms with van der Waals surface area (Å²) < 4.78 is 70.5. The third-order valence-corrected chi connectivity index (χ3v) is 5.45. The number of carbonyl (C=O) groups is 2. The van der Waals surface area contributed by atoms with Crippen LogP contribution >= 0.6 is 0 Å².